The Morgan fingerprint density at radius 3 is 1.81 bits per heavy atom. The summed E-state index contributed by atoms with van der Waals surface area (Å²) in [7, 11) is -14.8. The molecule has 294 valence electrons. The Balaban J connectivity index is 0.00000336. The third-order valence-electron chi connectivity index (χ3n) is 11.7. The van der Waals surface area contributed by atoms with Crippen LogP contribution in [0.25, 0.3) is 0 Å². The summed E-state index contributed by atoms with van der Waals surface area (Å²) < 4.78 is 111. The number of aliphatic hydroxyl groups is 2. The first-order chi connectivity index (χ1) is 23.6. The van der Waals surface area contributed by atoms with Gasteiger partial charge >= 0.3 is 94.6 Å². The number of azo groups is 1. The van der Waals surface area contributed by atoms with Gasteiger partial charge in [-0.05, 0) is 62.7 Å². The maximum Gasteiger partial charge on any atom is 1.00 e. The molecule has 4 saturated carbocycles. The van der Waals surface area contributed by atoms with Crippen LogP contribution in [0.3, 0.4) is 0 Å². The van der Waals surface area contributed by atoms with Crippen molar-refractivity contribution in [3.05, 3.63) is 0 Å². The van der Waals surface area contributed by atoms with Crippen molar-refractivity contribution < 1.29 is 148 Å². The van der Waals surface area contributed by atoms with E-state index in [1.165, 1.54) is 0 Å². The van der Waals surface area contributed by atoms with Gasteiger partial charge in [-0.3, -0.25) is 31.4 Å². The fourth-order valence-corrected chi connectivity index (χ4v) is 11.9. The second-order valence-corrected chi connectivity index (χ2v) is 19.8. The van der Waals surface area contributed by atoms with Gasteiger partial charge in [-0.2, -0.15) is 10.2 Å². The van der Waals surface area contributed by atoms with E-state index in [9.17, 15) is 59.0 Å². The summed E-state index contributed by atoms with van der Waals surface area (Å²) in [6.45, 7) is 3.79. The van der Waals surface area contributed by atoms with Crippen LogP contribution in [0, 0.1) is 29.6 Å². The SMILES string of the molecule is CC1CC(NC2NC(O)NC(NC3CC(S(=O)(=O)[O-])CC4CC(S(=O)(=O)[O-])C(N=NC5CCCCC5C(=O)O)C(O)C43)N2)C(S(=O)(=O)[O-])CC1C.[Na+].[Na+].[Na+]. The first kappa shape index (κ1) is 51.7. The van der Waals surface area contributed by atoms with E-state index < -0.39 is 125 Å². The van der Waals surface area contributed by atoms with Crippen molar-refractivity contribution in [3.63, 3.8) is 0 Å². The molecule has 26 heteroatoms. The minimum Gasteiger partial charge on any atom is -0.748 e. The largest absolute Gasteiger partial charge is 1.00 e. The minimum atomic E-state index is -5.16. The van der Waals surface area contributed by atoms with Crippen molar-refractivity contribution in [2.75, 3.05) is 0 Å². The second kappa shape index (κ2) is 20.9. The average molecular weight is 856 g/mol. The summed E-state index contributed by atoms with van der Waals surface area (Å²) in [4.78, 5) is 11.8. The van der Waals surface area contributed by atoms with Crippen LogP contribution in [-0.4, -0.2) is 125 Å². The number of aliphatic carboxylic acids is 1. The summed E-state index contributed by atoms with van der Waals surface area (Å²) >= 11 is 0. The Kier molecular flexibility index (Phi) is 20.0. The average Bonchev–Trinajstić information content (AvgIpc) is 3.00. The molecule has 4 aliphatic carbocycles. The van der Waals surface area contributed by atoms with E-state index in [1.807, 2.05) is 13.8 Å². The zero-order valence-electron chi connectivity index (χ0n) is 31.1. The molecule has 20 nitrogen and oxygen atoms in total. The molecular formula is C28H48N7Na3O13S3. The summed E-state index contributed by atoms with van der Waals surface area (Å²) in [5.41, 5.74) is 0. The van der Waals surface area contributed by atoms with Gasteiger partial charge in [0.05, 0.1) is 64.2 Å². The fourth-order valence-electron chi connectivity index (χ4n) is 8.85. The van der Waals surface area contributed by atoms with Gasteiger partial charge in [0, 0.05) is 18.0 Å². The number of rotatable bonds is 10. The van der Waals surface area contributed by atoms with Crippen LogP contribution in [0.15, 0.2) is 10.2 Å². The van der Waals surface area contributed by atoms with E-state index in [0.29, 0.717) is 32.1 Å². The smallest absolute Gasteiger partial charge is 0.748 e. The van der Waals surface area contributed by atoms with Crippen LogP contribution in [0.4, 0.5) is 0 Å². The predicted molar refractivity (Wildman–Crippen MR) is 174 cm³/mol. The van der Waals surface area contributed by atoms with Gasteiger partial charge in [-0.1, -0.05) is 26.7 Å². The molecule has 0 bridgehead atoms. The standard InChI is InChI=1S/C28H51N7O13S3.3Na/c1-12-7-18(20(8-13(12)2)50(43,44)45)29-26-31-27(33-28(39)32-26)30-19-11-15(49(40,41)42)9-14-10-21(51(46,47)48)23(24(36)22(14)19)35-34-17-6-4-3-5-16(17)25(37)38;;;/h12-24,26-33,36,39H,3-11H2,1-2H3,(H,37,38)(H,40,41,42)(H,43,44,45)(H,46,47,48);;;/q;3*+1/p-3. The van der Waals surface area contributed by atoms with E-state index in [2.05, 4.69) is 36.8 Å². The number of nitrogens with one attached hydrogen (secondary N) is 5. The first-order valence-corrected chi connectivity index (χ1v) is 21.7. The number of aliphatic hydroxyl groups excluding tert-OH is 2. The molecule has 1 saturated heterocycles. The normalized spacial score (nSPS) is 42.1. The molecule has 8 N–H and O–H groups in total. The molecule has 16 atom stereocenters. The summed E-state index contributed by atoms with van der Waals surface area (Å²) in [6, 6.07) is -4.29. The molecule has 0 radical (unpaired) electrons. The van der Waals surface area contributed by atoms with Crippen LogP contribution in [0.5, 0.6) is 0 Å². The van der Waals surface area contributed by atoms with Crippen molar-refractivity contribution in [2.24, 2.45) is 39.8 Å². The fraction of sp³-hybridized carbons (Fsp3) is 0.964. The van der Waals surface area contributed by atoms with E-state index in [4.69, 9.17) is 0 Å². The van der Waals surface area contributed by atoms with E-state index in [1.54, 1.807) is 0 Å². The molecule has 0 aromatic rings. The Hall–Kier alpha value is 1.52. The molecule has 0 aromatic heterocycles. The number of carboxylic acids is 1. The first-order valence-electron chi connectivity index (χ1n) is 17.3. The van der Waals surface area contributed by atoms with Gasteiger partial charge < -0.3 is 29.0 Å². The van der Waals surface area contributed by atoms with Crippen LogP contribution >= 0.6 is 0 Å². The van der Waals surface area contributed by atoms with Gasteiger partial charge in [0.25, 0.3) is 0 Å². The molecule has 0 amide bonds. The van der Waals surface area contributed by atoms with Gasteiger partial charge in [-0.25, -0.2) is 25.3 Å². The molecule has 0 spiro atoms. The predicted octanol–water partition coefficient (Wildman–Crippen LogP) is -11.4. The Morgan fingerprint density at radius 1 is 0.704 bits per heavy atom. The molecule has 1 heterocycles. The van der Waals surface area contributed by atoms with Crippen LogP contribution in [0.2, 0.25) is 0 Å². The zero-order chi connectivity index (χ0) is 37.6. The molecule has 54 heavy (non-hydrogen) atoms. The maximum atomic E-state index is 12.5. The van der Waals surface area contributed by atoms with E-state index in [0.717, 1.165) is 0 Å². The van der Waals surface area contributed by atoms with Gasteiger partial charge in [0.2, 0.25) is 0 Å². The monoisotopic (exact) mass is 855 g/mol. The second-order valence-electron chi connectivity index (χ2n) is 15.0. The Morgan fingerprint density at radius 2 is 1.26 bits per heavy atom. The maximum absolute atomic E-state index is 12.5. The summed E-state index contributed by atoms with van der Waals surface area (Å²) in [6.07, 6.45) is -3.93. The number of hydrogen-bond acceptors (Lipinski definition) is 19. The number of fused-ring (bicyclic) bond motifs is 1. The van der Waals surface area contributed by atoms with Crippen LogP contribution < -0.4 is 115 Å². The number of nitrogens with zero attached hydrogens (tertiary/aromatic N) is 2. The molecule has 5 aliphatic rings. The van der Waals surface area contributed by atoms with E-state index in [-0.39, 0.29) is 120 Å². The summed E-state index contributed by atoms with van der Waals surface area (Å²) in [5.74, 6) is -3.90. The zero-order valence-corrected chi connectivity index (χ0v) is 39.6. The van der Waals surface area contributed by atoms with Crippen LogP contribution in [-0.2, 0) is 35.1 Å². The molecule has 5 rings (SSSR count). The number of hydrogen-bond donors (Lipinski definition) is 8. The Labute approximate surface area is 382 Å². The molecule has 1 aliphatic heterocycles. The van der Waals surface area contributed by atoms with E-state index >= 15 is 0 Å². The van der Waals surface area contributed by atoms with Crippen molar-refractivity contribution in [1.82, 2.24) is 26.6 Å². The van der Waals surface area contributed by atoms with Crippen LogP contribution in [0.1, 0.15) is 71.6 Å². The molecule has 16 unspecified atom stereocenters. The van der Waals surface area contributed by atoms with Crippen molar-refractivity contribution >= 4 is 36.3 Å². The molecular weight excluding hydrogens is 808 g/mol. The third kappa shape index (κ3) is 12.8. The Bertz CT molecular complexity index is 1640. The number of carbonyl (C=O) groups is 1. The minimum absolute atomic E-state index is 0. The number of carboxylic acid groups (broad SMARTS) is 1. The van der Waals surface area contributed by atoms with Gasteiger partial charge in [0.1, 0.15) is 18.6 Å². The summed E-state index contributed by atoms with van der Waals surface area (Å²) in [5, 5.41) is 50.2. The molecule has 5 fully saturated rings. The van der Waals surface area contributed by atoms with Gasteiger partial charge in [0.15, 0.2) is 6.35 Å². The topological polar surface area (TPSA) is 334 Å². The van der Waals surface area contributed by atoms with Crippen molar-refractivity contribution in [3.8, 4) is 0 Å². The quantitative estimate of drug-likeness (QED) is 0.0575. The van der Waals surface area contributed by atoms with Gasteiger partial charge in [-0.15, -0.1) is 0 Å². The van der Waals surface area contributed by atoms with Crippen molar-refractivity contribution in [1.29, 1.82) is 0 Å². The third-order valence-corrected chi connectivity index (χ3v) is 15.4. The molecule has 0 aromatic carbocycles. The van der Waals surface area contributed by atoms with Crippen molar-refractivity contribution in [2.45, 2.75) is 137 Å².